The number of aliphatic carboxylic acids is 1. The second kappa shape index (κ2) is 8.65. The number of nitrogens with zero attached hydrogens (tertiary/aromatic N) is 3. The normalized spacial score (nSPS) is 14.6. The monoisotopic (exact) mass is 442 g/mol. The third-order valence-electron chi connectivity index (χ3n) is 6.38. The maximum Gasteiger partial charge on any atom is 0.322 e. The highest BCUT2D eigenvalue weighted by Gasteiger charge is 2.23. The van der Waals surface area contributed by atoms with Crippen LogP contribution in [0.15, 0.2) is 48.5 Å². The van der Waals surface area contributed by atoms with Crippen molar-refractivity contribution >= 4 is 33.8 Å². The van der Waals surface area contributed by atoms with E-state index in [2.05, 4.69) is 33.1 Å². The molecule has 1 saturated carbocycles. The Kier molecular flexibility index (Phi) is 5.54. The number of carbonyl (C=O) groups excluding carboxylic acids is 1. The Hall–Kier alpha value is -3.74. The fourth-order valence-corrected chi connectivity index (χ4v) is 4.78. The lowest BCUT2D eigenvalue weighted by molar-refractivity contribution is -0.135. The van der Waals surface area contributed by atoms with E-state index in [4.69, 9.17) is 10.1 Å². The van der Waals surface area contributed by atoms with Gasteiger partial charge in [0.25, 0.3) is 5.91 Å². The van der Waals surface area contributed by atoms with E-state index in [1.165, 1.54) is 19.3 Å². The molecule has 0 saturated heterocycles. The molecule has 0 radical (unpaired) electrons. The van der Waals surface area contributed by atoms with Crippen LogP contribution in [0.3, 0.4) is 0 Å². The zero-order chi connectivity index (χ0) is 22.9. The number of hydrogen-bond donors (Lipinski definition) is 2. The Morgan fingerprint density at radius 2 is 1.82 bits per heavy atom. The summed E-state index contributed by atoms with van der Waals surface area (Å²) in [6.45, 7) is 1.57. The predicted molar refractivity (Wildman–Crippen MR) is 127 cm³/mol. The molecule has 2 aromatic carbocycles. The zero-order valence-corrected chi connectivity index (χ0v) is 18.5. The molecule has 1 amide bonds. The van der Waals surface area contributed by atoms with E-state index in [-0.39, 0.29) is 0 Å². The van der Waals surface area contributed by atoms with Crippen molar-refractivity contribution in [2.24, 2.45) is 0 Å². The van der Waals surface area contributed by atoms with Crippen molar-refractivity contribution in [2.45, 2.75) is 45.1 Å². The maximum atomic E-state index is 12.4. The summed E-state index contributed by atoms with van der Waals surface area (Å²) in [6, 6.07) is 16.1. The molecule has 2 N–H and O–H groups in total. The lowest BCUT2D eigenvalue weighted by Crippen LogP contribution is -2.29. The number of aromatic nitrogens is 3. The summed E-state index contributed by atoms with van der Waals surface area (Å²) >= 11 is 0. The average Bonchev–Trinajstić information content (AvgIpc) is 3.21. The molecule has 7 heteroatoms. The zero-order valence-electron chi connectivity index (χ0n) is 18.5. The third kappa shape index (κ3) is 4.18. The molecule has 2 aromatic heterocycles. The van der Waals surface area contributed by atoms with Crippen LogP contribution in [0.5, 0.6) is 0 Å². The van der Waals surface area contributed by atoms with Crippen LogP contribution >= 0.6 is 0 Å². The number of amides is 1. The molecule has 0 spiro atoms. The van der Waals surface area contributed by atoms with Crippen molar-refractivity contribution < 1.29 is 14.7 Å². The number of nitrogens with one attached hydrogen (secondary N) is 1. The van der Waals surface area contributed by atoms with Crippen LogP contribution in [-0.2, 0) is 4.79 Å². The Morgan fingerprint density at radius 3 is 2.61 bits per heavy atom. The maximum absolute atomic E-state index is 12.4. The van der Waals surface area contributed by atoms with Crippen LogP contribution < -0.4 is 5.32 Å². The molecule has 2 heterocycles. The summed E-state index contributed by atoms with van der Waals surface area (Å²) in [7, 11) is 0. The van der Waals surface area contributed by atoms with Crippen molar-refractivity contribution in [1.29, 1.82) is 0 Å². The predicted octanol–water partition coefficient (Wildman–Crippen LogP) is 4.88. The largest absolute Gasteiger partial charge is 0.480 e. The van der Waals surface area contributed by atoms with E-state index < -0.39 is 18.4 Å². The van der Waals surface area contributed by atoms with Gasteiger partial charge in [-0.3, -0.25) is 14.6 Å². The third-order valence-corrected chi connectivity index (χ3v) is 6.38. The van der Waals surface area contributed by atoms with Gasteiger partial charge in [0, 0.05) is 28.2 Å². The molecule has 4 aromatic rings. The molecule has 1 aliphatic rings. The molecule has 0 unspecified atom stereocenters. The molecule has 5 rings (SSSR count). The van der Waals surface area contributed by atoms with E-state index in [0.717, 1.165) is 51.9 Å². The van der Waals surface area contributed by atoms with Crippen LogP contribution in [0.4, 0.5) is 0 Å². The van der Waals surface area contributed by atoms with Crippen molar-refractivity contribution in [3.8, 4) is 11.4 Å². The summed E-state index contributed by atoms with van der Waals surface area (Å²) in [5.74, 6) is -0.600. The topological polar surface area (TPSA) is 97.1 Å². The Labute approximate surface area is 191 Å². The molecular weight excluding hydrogens is 416 g/mol. The number of fused-ring (bicyclic) bond motifs is 2. The molecule has 7 nitrogen and oxygen atoms in total. The minimum absolute atomic E-state index is 0.359. The first-order valence-corrected chi connectivity index (χ1v) is 11.4. The van der Waals surface area contributed by atoms with Crippen molar-refractivity contribution in [1.82, 2.24) is 19.9 Å². The number of carboxylic acids is 1. The van der Waals surface area contributed by atoms with Crippen LogP contribution in [0.1, 0.15) is 54.2 Å². The number of aryl methyl sites for hydroxylation is 1. The Morgan fingerprint density at radius 1 is 1.00 bits per heavy atom. The summed E-state index contributed by atoms with van der Waals surface area (Å²) in [5.41, 5.74) is 5.10. The van der Waals surface area contributed by atoms with Gasteiger partial charge in [0.15, 0.2) is 0 Å². The van der Waals surface area contributed by atoms with Gasteiger partial charge < -0.3 is 15.0 Å². The lowest BCUT2D eigenvalue weighted by Gasteiger charge is -2.25. The van der Waals surface area contributed by atoms with Crippen LogP contribution in [0, 0.1) is 6.92 Å². The summed E-state index contributed by atoms with van der Waals surface area (Å²) < 4.78 is 2.33. The van der Waals surface area contributed by atoms with Crippen molar-refractivity contribution in [2.75, 3.05) is 6.54 Å². The number of pyridine rings is 1. The minimum Gasteiger partial charge on any atom is -0.480 e. The number of carboxylic acid groups (broad SMARTS) is 1. The summed E-state index contributed by atoms with van der Waals surface area (Å²) in [5, 5.41) is 12.3. The molecule has 0 atom stereocenters. The molecule has 1 fully saturated rings. The van der Waals surface area contributed by atoms with E-state index >= 15 is 0 Å². The number of rotatable bonds is 5. The second-order valence-corrected chi connectivity index (χ2v) is 8.74. The van der Waals surface area contributed by atoms with Gasteiger partial charge >= 0.3 is 5.97 Å². The number of carbonyl (C=O) groups is 2. The first-order chi connectivity index (χ1) is 16.0. The highest BCUT2D eigenvalue weighted by atomic mass is 16.4. The van der Waals surface area contributed by atoms with Gasteiger partial charge in [0.05, 0.1) is 16.6 Å². The molecular formula is C26H26N4O3. The summed E-state index contributed by atoms with van der Waals surface area (Å²) in [6.07, 6.45) is 5.86. The van der Waals surface area contributed by atoms with Gasteiger partial charge in [0.2, 0.25) is 0 Å². The first-order valence-electron chi connectivity index (χ1n) is 11.4. The Balaban J connectivity index is 1.62. The van der Waals surface area contributed by atoms with E-state index in [1.807, 2.05) is 25.1 Å². The first kappa shape index (κ1) is 21.1. The summed E-state index contributed by atoms with van der Waals surface area (Å²) in [4.78, 5) is 32.8. The standard InChI is InChI=1S/C26H26N4O3/c1-16-7-8-17-13-18(9-11-21(17)28-16)25-29-22-14-19(26(33)27-15-24(31)32)10-12-23(22)30(25)20-5-3-2-4-6-20/h7-14,20H,2-6,15H2,1H3,(H,27,33)(H,31,32). The molecule has 0 bridgehead atoms. The molecule has 1 aliphatic carbocycles. The highest BCUT2D eigenvalue weighted by molar-refractivity contribution is 5.99. The number of benzene rings is 2. The van der Waals surface area contributed by atoms with Gasteiger partial charge in [0.1, 0.15) is 12.4 Å². The van der Waals surface area contributed by atoms with Gasteiger partial charge in [-0.2, -0.15) is 0 Å². The van der Waals surface area contributed by atoms with Gasteiger partial charge in [-0.1, -0.05) is 25.3 Å². The van der Waals surface area contributed by atoms with Crippen LogP contribution in [0.2, 0.25) is 0 Å². The van der Waals surface area contributed by atoms with Gasteiger partial charge in [-0.25, -0.2) is 4.98 Å². The molecule has 33 heavy (non-hydrogen) atoms. The van der Waals surface area contributed by atoms with E-state index in [1.54, 1.807) is 12.1 Å². The minimum atomic E-state index is -1.07. The van der Waals surface area contributed by atoms with Crippen molar-refractivity contribution in [3.63, 3.8) is 0 Å². The van der Waals surface area contributed by atoms with E-state index in [0.29, 0.717) is 11.6 Å². The average molecular weight is 443 g/mol. The lowest BCUT2D eigenvalue weighted by atomic mass is 9.94. The van der Waals surface area contributed by atoms with Crippen molar-refractivity contribution in [3.05, 3.63) is 59.8 Å². The van der Waals surface area contributed by atoms with Crippen LogP contribution in [0.25, 0.3) is 33.3 Å². The Bertz CT molecular complexity index is 1370. The fourth-order valence-electron chi connectivity index (χ4n) is 4.78. The number of hydrogen-bond acceptors (Lipinski definition) is 4. The second-order valence-electron chi connectivity index (χ2n) is 8.74. The van der Waals surface area contributed by atoms with Gasteiger partial charge in [-0.05, 0) is 62.2 Å². The van der Waals surface area contributed by atoms with E-state index in [9.17, 15) is 9.59 Å². The van der Waals surface area contributed by atoms with Gasteiger partial charge in [-0.15, -0.1) is 0 Å². The molecule has 0 aliphatic heterocycles. The van der Waals surface area contributed by atoms with Crippen LogP contribution in [-0.4, -0.2) is 38.1 Å². The molecule has 168 valence electrons. The quantitative estimate of drug-likeness (QED) is 0.459. The fraction of sp³-hybridized carbons (Fsp3) is 0.308. The highest BCUT2D eigenvalue weighted by Crippen LogP contribution is 2.36. The SMILES string of the molecule is Cc1ccc2cc(-c3nc4cc(C(=O)NCC(=O)O)ccc4n3C3CCCCC3)ccc2n1. The smallest absolute Gasteiger partial charge is 0.322 e. The number of imidazole rings is 1.